The van der Waals surface area contributed by atoms with E-state index in [2.05, 4.69) is 5.32 Å². The molecule has 1 spiro atoms. The average Bonchev–Trinajstić information content (AvgIpc) is 2.53. The summed E-state index contributed by atoms with van der Waals surface area (Å²) in [6.45, 7) is 1.20. The van der Waals surface area contributed by atoms with Crippen LogP contribution in [0.5, 0.6) is 0 Å². The number of carbonyl (C=O) groups is 2. The lowest BCUT2D eigenvalue weighted by Gasteiger charge is -2.50. The predicted molar refractivity (Wildman–Crippen MR) is 85.6 cm³/mol. The van der Waals surface area contributed by atoms with Crippen molar-refractivity contribution in [2.24, 2.45) is 0 Å². The monoisotopic (exact) mass is 319 g/mol. The summed E-state index contributed by atoms with van der Waals surface area (Å²) in [7, 11) is 1.84. The maximum absolute atomic E-state index is 13.2. The van der Waals surface area contributed by atoms with E-state index in [1.165, 1.54) is 12.1 Å². The largest absolute Gasteiger partial charge is 0.338 e. The molecule has 2 fully saturated rings. The van der Waals surface area contributed by atoms with Gasteiger partial charge in [0.05, 0.1) is 5.54 Å². The van der Waals surface area contributed by atoms with E-state index in [1.54, 1.807) is 17.0 Å². The number of carbonyl (C=O) groups excluding carboxylic acids is 2. The Kier molecular flexibility index (Phi) is 4.24. The second-order valence-electron chi connectivity index (χ2n) is 6.50. The number of rotatable bonds is 1. The van der Waals surface area contributed by atoms with E-state index in [4.69, 9.17) is 0 Å². The Labute approximate surface area is 135 Å². The van der Waals surface area contributed by atoms with Crippen LogP contribution in [0.3, 0.4) is 0 Å². The van der Waals surface area contributed by atoms with E-state index >= 15 is 0 Å². The number of hydrogen-bond acceptors (Lipinski definition) is 2. The summed E-state index contributed by atoms with van der Waals surface area (Å²) in [5.41, 5.74) is 0.204. The first-order chi connectivity index (χ1) is 11.0. The van der Waals surface area contributed by atoms with Crippen molar-refractivity contribution in [3.8, 4) is 0 Å². The van der Waals surface area contributed by atoms with Gasteiger partial charge in [0.25, 0.3) is 0 Å². The molecule has 23 heavy (non-hydrogen) atoms. The van der Waals surface area contributed by atoms with Gasteiger partial charge < -0.3 is 15.1 Å². The molecule has 0 aliphatic carbocycles. The fraction of sp³-hybridized carbons (Fsp3) is 0.529. The van der Waals surface area contributed by atoms with E-state index in [-0.39, 0.29) is 23.3 Å². The van der Waals surface area contributed by atoms with Gasteiger partial charge in [0.2, 0.25) is 5.91 Å². The van der Waals surface area contributed by atoms with Crippen LogP contribution in [0.15, 0.2) is 24.3 Å². The highest BCUT2D eigenvalue weighted by molar-refractivity contribution is 5.89. The minimum Gasteiger partial charge on any atom is -0.338 e. The van der Waals surface area contributed by atoms with Gasteiger partial charge in [-0.3, -0.25) is 4.79 Å². The van der Waals surface area contributed by atoms with Crippen molar-refractivity contribution in [1.82, 2.24) is 9.80 Å². The van der Waals surface area contributed by atoms with Crippen molar-refractivity contribution >= 4 is 17.6 Å². The lowest BCUT2D eigenvalue weighted by molar-refractivity contribution is -0.142. The van der Waals surface area contributed by atoms with Crippen LogP contribution in [0.1, 0.15) is 32.1 Å². The van der Waals surface area contributed by atoms with E-state index in [9.17, 15) is 14.0 Å². The van der Waals surface area contributed by atoms with Gasteiger partial charge in [0, 0.05) is 32.2 Å². The van der Waals surface area contributed by atoms with E-state index in [1.807, 2.05) is 11.9 Å². The lowest BCUT2D eigenvalue weighted by Crippen LogP contribution is -2.62. The molecular weight excluding hydrogens is 297 g/mol. The zero-order chi connectivity index (χ0) is 16.4. The number of likely N-dealkylation sites (tertiary alicyclic amines) is 2. The summed E-state index contributed by atoms with van der Waals surface area (Å²) in [6.07, 6.45) is 4.20. The van der Waals surface area contributed by atoms with Gasteiger partial charge in [-0.05, 0) is 43.9 Å². The third-order valence-corrected chi connectivity index (χ3v) is 5.04. The van der Waals surface area contributed by atoms with Crippen molar-refractivity contribution in [3.05, 3.63) is 30.1 Å². The summed E-state index contributed by atoms with van der Waals surface area (Å²) >= 11 is 0. The van der Waals surface area contributed by atoms with E-state index in [0.717, 1.165) is 25.7 Å². The Hall–Kier alpha value is -2.11. The number of nitrogens with zero attached hydrogens (tertiary/aromatic N) is 2. The zero-order valence-electron chi connectivity index (χ0n) is 13.3. The normalized spacial score (nSPS) is 24.9. The fourth-order valence-electron chi connectivity index (χ4n) is 3.70. The average molecular weight is 319 g/mol. The molecule has 1 N–H and O–H groups in total. The quantitative estimate of drug-likeness (QED) is 0.865. The van der Waals surface area contributed by atoms with Crippen LogP contribution in [0.25, 0.3) is 0 Å². The predicted octanol–water partition coefficient (Wildman–Crippen LogP) is 2.83. The molecule has 1 atom stereocenters. The summed E-state index contributed by atoms with van der Waals surface area (Å²) in [5, 5.41) is 2.74. The minimum atomic E-state index is -0.379. The van der Waals surface area contributed by atoms with Gasteiger partial charge in [0.1, 0.15) is 5.82 Å². The Bertz CT molecular complexity index is 618. The molecule has 2 heterocycles. The number of benzene rings is 1. The molecule has 0 aromatic heterocycles. The molecule has 124 valence electrons. The van der Waals surface area contributed by atoms with E-state index in [0.29, 0.717) is 25.2 Å². The molecule has 5 nitrogen and oxygen atoms in total. The Morgan fingerprint density at radius 2 is 2.09 bits per heavy atom. The standard InChI is InChI=1S/C17H22FN3O2/c1-20-15(22)7-3-8-17(20)9-4-10-21(12-17)16(23)19-14-6-2-5-13(18)11-14/h2,5-6,11H,3-4,7-10,12H2,1H3,(H,19,23). The molecule has 2 aliphatic heterocycles. The third-order valence-electron chi connectivity index (χ3n) is 5.04. The van der Waals surface area contributed by atoms with Crippen LogP contribution in [-0.4, -0.2) is 47.4 Å². The smallest absolute Gasteiger partial charge is 0.321 e. The number of urea groups is 1. The van der Waals surface area contributed by atoms with E-state index < -0.39 is 0 Å². The van der Waals surface area contributed by atoms with Crippen molar-refractivity contribution < 1.29 is 14.0 Å². The van der Waals surface area contributed by atoms with Gasteiger partial charge in [-0.25, -0.2) is 9.18 Å². The summed E-state index contributed by atoms with van der Waals surface area (Å²) in [5.74, 6) is -0.223. The highest BCUT2D eigenvalue weighted by atomic mass is 19.1. The van der Waals surface area contributed by atoms with Crippen molar-refractivity contribution in [2.75, 3.05) is 25.5 Å². The van der Waals surface area contributed by atoms with Gasteiger partial charge in [-0.2, -0.15) is 0 Å². The fourth-order valence-corrected chi connectivity index (χ4v) is 3.70. The molecule has 0 bridgehead atoms. The Balaban J connectivity index is 1.70. The Morgan fingerprint density at radius 1 is 1.30 bits per heavy atom. The summed E-state index contributed by atoms with van der Waals surface area (Å²) in [6, 6.07) is 5.64. The van der Waals surface area contributed by atoms with Gasteiger partial charge in [-0.1, -0.05) is 6.07 Å². The number of likely N-dealkylation sites (N-methyl/N-ethyl adjacent to an activating group) is 1. The SMILES string of the molecule is CN1C(=O)CCCC12CCCN(C(=O)Nc1cccc(F)c1)C2. The molecule has 3 amide bonds. The molecule has 1 aromatic rings. The Morgan fingerprint density at radius 3 is 2.87 bits per heavy atom. The molecular formula is C17H22FN3O2. The molecule has 1 aromatic carbocycles. The molecule has 2 aliphatic rings. The van der Waals surface area contributed by atoms with Crippen molar-refractivity contribution in [1.29, 1.82) is 0 Å². The number of anilines is 1. The van der Waals surface area contributed by atoms with Crippen molar-refractivity contribution in [3.63, 3.8) is 0 Å². The molecule has 2 saturated heterocycles. The number of nitrogens with one attached hydrogen (secondary N) is 1. The van der Waals surface area contributed by atoms with Gasteiger partial charge in [-0.15, -0.1) is 0 Å². The first-order valence-corrected chi connectivity index (χ1v) is 8.08. The molecule has 0 saturated carbocycles. The van der Waals surface area contributed by atoms with Crippen LogP contribution in [0.4, 0.5) is 14.9 Å². The van der Waals surface area contributed by atoms with Gasteiger partial charge >= 0.3 is 6.03 Å². The van der Waals surface area contributed by atoms with Crippen molar-refractivity contribution in [2.45, 2.75) is 37.6 Å². The second-order valence-corrected chi connectivity index (χ2v) is 6.50. The zero-order valence-corrected chi connectivity index (χ0v) is 13.3. The second kappa shape index (κ2) is 6.18. The van der Waals surface area contributed by atoms with Crippen LogP contribution in [0.2, 0.25) is 0 Å². The molecule has 6 heteroatoms. The summed E-state index contributed by atoms with van der Waals surface area (Å²) < 4.78 is 13.2. The highest BCUT2D eigenvalue weighted by Gasteiger charge is 2.44. The van der Waals surface area contributed by atoms with Crippen LogP contribution >= 0.6 is 0 Å². The van der Waals surface area contributed by atoms with Crippen LogP contribution in [-0.2, 0) is 4.79 Å². The number of amides is 3. The van der Waals surface area contributed by atoms with Crippen LogP contribution in [0, 0.1) is 5.82 Å². The maximum atomic E-state index is 13.2. The first-order valence-electron chi connectivity index (χ1n) is 8.08. The number of piperidine rings is 2. The van der Waals surface area contributed by atoms with Crippen LogP contribution < -0.4 is 5.32 Å². The third kappa shape index (κ3) is 3.16. The topological polar surface area (TPSA) is 52.7 Å². The number of halogens is 1. The molecule has 1 unspecified atom stereocenters. The number of hydrogen-bond donors (Lipinski definition) is 1. The maximum Gasteiger partial charge on any atom is 0.321 e. The highest BCUT2D eigenvalue weighted by Crippen LogP contribution is 2.35. The molecule has 3 rings (SSSR count). The lowest BCUT2D eigenvalue weighted by atomic mass is 9.80. The first kappa shape index (κ1) is 15.8. The summed E-state index contributed by atoms with van der Waals surface area (Å²) in [4.78, 5) is 28.1. The van der Waals surface area contributed by atoms with Gasteiger partial charge in [0.15, 0.2) is 0 Å². The minimum absolute atomic E-state index is 0.156. The molecule has 0 radical (unpaired) electrons.